The number of rotatable bonds is 3. The second-order valence-electron chi connectivity index (χ2n) is 5.96. The minimum atomic E-state index is -0.00384. The predicted molar refractivity (Wildman–Crippen MR) is 78.5 cm³/mol. The van der Waals surface area contributed by atoms with Crippen LogP contribution in [-0.4, -0.2) is 25.8 Å². The highest BCUT2D eigenvalue weighted by molar-refractivity contribution is 7.99. The van der Waals surface area contributed by atoms with Crippen molar-refractivity contribution in [2.24, 2.45) is 0 Å². The van der Waals surface area contributed by atoms with Crippen LogP contribution in [0.2, 0.25) is 5.28 Å². The lowest BCUT2D eigenvalue weighted by atomic mass is 9.95. The molecule has 2 unspecified atom stereocenters. The van der Waals surface area contributed by atoms with Crippen LogP contribution in [0, 0.1) is 0 Å². The zero-order chi connectivity index (χ0) is 13.3. The summed E-state index contributed by atoms with van der Waals surface area (Å²) in [5.41, 5.74) is -0.00384. The number of thioether (sulfide) groups is 1. The van der Waals surface area contributed by atoms with Gasteiger partial charge in [0.15, 0.2) is 0 Å². The summed E-state index contributed by atoms with van der Waals surface area (Å²) in [6.07, 6.45) is 3.67. The summed E-state index contributed by atoms with van der Waals surface area (Å²) in [4.78, 5) is 0. The molecule has 3 nitrogen and oxygen atoms in total. The molecule has 0 amide bonds. The van der Waals surface area contributed by atoms with Crippen LogP contribution in [0.5, 0.6) is 0 Å². The van der Waals surface area contributed by atoms with Crippen molar-refractivity contribution in [2.75, 3.05) is 5.75 Å². The van der Waals surface area contributed by atoms with Gasteiger partial charge in [0.25, 0.3) is 0 Å². The van der Waals surface area contributed by atoms with E-state index in [0.29, 0.717) is 11.3 Å². The molecule has 0 aromatic carbocycles. The Hall–Kier alpha value is -0.220. The van der Waals surface area contributed by atoms with Gasteiger partial charge in [0.05, 0.1) is 0 Å². The molecule has 0 saturated heterocycles. The Morgan fingerprint density at radius 1 is 1.33 bits per heavy atom. The fourth-order valence-electron chi connectivity index (χ4n) is 2.65. The Balaban J connectivity index is 2.21. The van der Waals surface area contributed by atoms with Gasteiger partial charge in [0.2, 0.25) is 5.28 Å². The lowest BCUT2D eigenvalue weighted by Crippen LogP contribution is -2.21. The highest BCUT2D eigenvalue weighted by Gasteiger charge is 2.32. The largest absolute Gasteiger partial charge is 0.298 e. The van der Waals surface area contributed by atoms with Crippen molar-refractivity contribution < 1.29 is 0 Å². The SMILES string of the molecule is CCSC1CCC(n2c(Cl)nnc2C(C)(C)C)C1. The Morgan fingerprint density at radius 2 is 2.06 bits per heavy atom. The Bertz CT molecular complexity index is 411. The lowest BCUT2D eigenvalue weighted by molar-refractivity contribution is 0.438. The molecular weight excluding hydrogens is 266 g/mol. The zero-order valence-corrected chi connectivity index (χ0v) is 13.2. The second kappa shape index (κ2) is 5.41. The Morgan fingerprint density at radius 3 is 2.67 bits per heavy atom. The van der Waals surface area contributed by atoms with Gasteiger partial charge in [-0.2, -0.15) is 11.8 Å². The van der Waals surface area contributed by atoms with E-state index in [9.17, 15) is 0 Å². The molecule has 1 fully saturated rings. The molecule has 0 spiro atoms. The average Bonchev–Trinajstić information content (AvgIpc) is 2.84. The van der Waals surface area contributed by atoms with Crippen LogP contribution in [-0.2, 0) is 5.41 Å². The van der Waals surface area contributed by atoms with Gasteiger partial charge in [0.1, 0.15) is 5.82 Å². The molecule has 2 rings (SSSR count). The summed E-state index contributed by atoms with van der Waals surface area (Å²) in [7, 11) is 0. The Labute approximate surface area is 119 Å². The van der Waals surface area contributed by atoms with E-state index in [-0.39, 0.29) is 5.41 Å². The molecule has 1 saturated carbocycles. The van der Waals surface area contributed by atoms with Crippen molar-refractivity contribution in [2.45, 2.75) is 63.7 Å². The van der Waals surface area contributed by atoms with Crippen LogP contribution in [0.15, 0.2) is 0 Å². The van der Waals surface area contributed by atoms with Crippen LogP contribution in [0.4, 0.5) is 0 Å². The number of aromatic nitrogens is 3. The molecular formula is C13H22ClN3S. The summed E-state index contributed by atoms with van der Waals surface area (Å²) in [5, 5.41) is 9.66. The fourth-order valence-corrected chi connectivity index (χ4v) is 4.03. The molecule has 18 heavy (non-hydrogen) atoms. The maximum absolute atomic E-state index is 6.24. The molecule has 102 valence electrons. The van der Waals surface area contributed by atoms with Crippen molar-refractivity contribution >= 4 is 23.4 Å². The summed E-state index contributed by atoms with van der Waals surface area (Å²) < 4.78 is 2.16. The van der Waals surface area contributed by atoms with Gasteiger partial charge in [-0.05, 0) is 36.6 Å². The van der Waals surface area contributed by atoms with Crippen molar-refractivity contribution in [3.05, 3.63) is 11.1 Å². The Kier molecular flexibility index (Phi) is 4.27. The smallest absolute Gasteiger partial charge is 0.225 e. The lowest BCUT2D eigenvalue weighted by Gasteiger charge is -2.23. The monoisotopic (exact) mass is 287 g/mol. The van der Waals surface area contributed by atoms with E-state index in [4.69, 9.17) is 11.6 Å². The zero-order valence-electron chi connectivity index (χ0n) is 11.6. The topological polar surface area (TPSA) is 30.7 Å². The third-order valence-electron chi connectivity index (χ3n) is 3.45. The van der Waals surface area contributed by atoms with E-state index in [2.05, 4.69) is 54.2 Å². The van der Waals surface area contributed by atoms with Crippen LogP contribution in [0.1, 0.15) is 58.8 Å². The van der Waals surface area contributed by atoms with Gasteiger partial charge in [-0.1, -0.05) is 27.7 Å². The molecule has 0 bridgehead atoms. The highest BCUT2D eigenvalue weighted by atomic mass is 35.5. The van der Waals surface area contributed by atoms with Gasteiger partial charge < -0.3 is 0 Å². The maximum Gasteiger partial charge on any atom is 0.225 e. The van der Waals surface area contributed by atoms with Gasteiger partial charge in [0, 0.05) is 16.7 Å². The molecule has 0 aliphatic heterocycles. The van der Waals surface area contributed by atoms with E-state index in [1.807, 2.05) is 0 Å². The van der Waals surface area contributed by atoms with E-state index >= 15 is 0 Å². The average molecular weight is 288 g/mol. The molecule has 0 N–H and O–H groups in total. The molecule has 1 aliphatic carbocycles. The molecule has 1 aromatic heterocycles. The van der Waals surface area contributed by atoms with Crippen LogP contribution >= 0.6 is 23.4 Å². The van der Waals surface area contributed by atoms with Gasteiger partial charge in [-0.25, -0.2) is 0 Å². The minimum Gasteiger partial charge on any atom is -0.298 e. The summed E-state index contributed by atoms with van der Waals surface area (Å²) in [6.45, 7) is 8.72. The molecule has 1 heterocycles. The number of hydrogen-bond donors (Lipinski definition) is 0. The van der Waals surface area contributed by atoms with E-state index in [0.717, 1.165) is 11.1 Å². The molecule has 1 aromatic rings. The van der Waals surface area contributed by atoms with Crippen LogP contribution < -0.4 is 0 Å². The normalized spacial score (nSPS) is 24.7. The summed E-state index contributed by atoms with van der Waals surface area (Å²) in [6, 6.07) is 0.478. The van der Waals surface area contributed by atoms with E-state index < -0.39 is 0 Å². The van der Waals surface area contributed by atoms with Gasteiger partial charge in [-0.15, -0.1) is 10.2 Å². The van der Waals surface area contributed by atoms with Crippen molar-refractivity contribution in [1.29, 1.82) is 0 Å². The van der Waals surface area contributed by atoms with Crippen LogP contribution in [0.3, 0.4) is 0 Å². The number of halogens is 1. The molecule has 0 radical (unpaired) electrons. The molecule has 1 aliphatic rings. The number of nitrogens with zero attached hydrogens (tertiary/aromatic N) is 3. The molecule has 2 atom stereocenters. The first-order chi connectivity index (χ1) is 8.43. The number of hydrogen-bond acceptors (Lipinski definition) is 3. The van der Waals surface area contributed by atoms with Crippen LogP contribution in [0.25, 0.3) is 0 Å². The first kappa shape index (κ1) is 14.2. The predicted octanol–water partition coefficient (Wildman–Crippen LogP) is 4.08. The first-order valence-electron chi connectivity index (χ1n) is 6.66. The highest BCUT2D eigenvalue weighted by Crippen LogP contribution is 2.40. The second-order valence-corrected chi connectivity index (χ2v) is 7.87. The van der Waals surface area contributed by atoms with Gasteiger partial charge >= 0.3 is 0 Å². The maximum atomic E-state index is 6.24. The summed E-state index contributed by atoms with van der Waals surface area (Å²) in [5.74, 6) is 2.21. The quantitative estimate of drug-likeness (QED) is 0.839. The molecule has 5 heteroatoms. The third kappa shape index (κ3) is 2.85. The third-order valence-corrected chi connectivity index (χ3v) is 4.94. The van der Waals surface area contributed by atoms with Gasteiger partial charge in [-0.3, -0.25) is 4.57 Å². The van der Waals surface area contributed by atoms with E-state index in [1.54, 1.807) is 0 Å². The van der Waals surface area contributed by atoms with Crippen molar-refractivity contribution in [3.8, 4) is 0 Å². The summed E-state index contributed by atoms with van der Waals surface area (Å²) >= 11 is 8.30. The van der Waals surface area contributed by atoms with E-state index in [1.165, 1.54) is 25.0 Å². The first-order valence-corrected chi connectivity index (χ1v) is 8.08. The standard InChI is InChI=1S/C13H22ClN3S/c1-5-18-10-7-6-9(8-10)17-11(13(2,3)4)15-16-12(17)14/h9-10H,5-8H2,1-4H3. The fraction of sp³-hybridized carbons (Fsp3) is 0.846. The minimum absolute atomic E-state index is 0.00384. The van der Waals surface area contributed by atoms with Crippen molar-refractivity contribution in [1.82, 2.24) is 14.8 Å². The van der Waals surface area contributed by atoms with Crippen molar-refractivity contribution in [3.63, 3.8) is 0 Å².